The van der Waals surface area contributed by atoms with Crippen LogP contribution < -0.4 is 11.5 Å². The molecule has 0 aliphatic carbocycles. The van der Waals surface area contributed by atoms with Gasteiger partial charge in [0.25, 0.3) is 0 Å². The van der Waals surface area contributed by atoms with Crippen molar-refractivity contribution in [1.82, 2.24) is 4.98 Å². The summed E-state index contributed by atoms with van der Waals surface area (Å²) in [7, 11) is 0. The van der Waals surface area contributed by atoms with Crippen molar-refractivity contribution in [2.75, 3.05) is 0 Å². The van der Waals surface area contributed by atoms with Crippen molar-refractivity contribution in [3.05, 3.63) is 64.2 Å². The maximum atomic E-state index is 11.2. The number of carbonyl (C=O) groups is 1. The third-order valence-corrected chi connectivity index (χ3v) is 5.47. The molecule has 0 fully saturated rings. The third kappa shape index (κ3) is 3.62. The molecule has 5 heteroatoms. The fourth-order valence-corrected chi connectivity index (χ4v) is 3.99. The van der Waals surface area contributed by atoms with Gasteiger partial charge in [0.15, 0.2) is 0 Å². The number of rotatable bonds is 5. The van der Waals surface area contributed by atoms with Gasteiger partial charge in [0.05, 0.1) is 12.1 Å². The molecular weight excluding hydrogens is 330 g/mol. The number of benzene rings is 2. The molecule has 0 saturated heterocycles. The lowest BCUT2D eigenvalue weighted by Gasteiger charge is -2.11. The average Bonchev–Trinajstić information content (AvgIpc) is 2.95. The van der Waals surface area contributed by atoms with Crippen LogP contribution in [0.4, 0.5) is 0 Å². The number of hydrogen-bond acceptors (Lipinski definition) is 4. The number of aromatic nitrogens is 1. The molecule has 0 unspecified atom stereocenters. The summed E-state index contributed by atoms with van der Waals surface area (Å²) in [4.78, 5) is 17.0. The van der Waals surface area contributed by atoms with Crippen LogP contribution in [0.15, 0.2) is 42.5 Å². The van der Waals surface area contributed by atoms with Gasteiger partial charge in [-0.2, -0.15) is 0 Å². The van der Waals surface area contributed by atoms with E-state index in [0.29, 0.717) is 6.54 Å². The highest BCUT2D eigenvalue weighted by molar-refractivity contribution is 7.15. The minimum atomic E-state index is -0.324. The predicted molar refractivity (Wildman–Crippen MR) is 103 cm³/mol. The van der Waals surface area contributed by atoms with Crippen molar-refractivity contribution in [1.29, 1.82) is 0 Å². The van der Waals surface area contributed by atoms with E-state index in [1.165, 1.54) is 0 Å². The van der Waals surface area contributed by atoms with Gasteiger partial charge in [-0.3, -0.25) is 4.79 Å². The Morgan fingerprint density at radius 1 is 1.12 bits per heavy atom. The molecule has 25 heavy (non-hydrogen) atoms. The summed E-state index contributed by atoms with van der Waals surface area (Å²) in [6, 6.07) is 14.2. The van der Waals surface area contributed by atoms with Gasteiger partial charge in [0.1, 0.15) is 5.01 Å². The van der Waals surface area contributed by atoms with Gasteiger partial charge in [0, 0.05) is 17.0 Å². The van der Waals surface area contributed by atoms with E-state index in [0.717, 1.165) is 43.4 Å². The first kappa shape index (κ1) is 17.3. The van der Waals surface area contributed by atoms with E-state index < -0.39 is 0 Å². The van der Waals surface area contributed by atoms with Gasteiger partial charge in [0.2, 0.25) is 5.91 Å². The molecule has 0 radical (unpaired) electrons. The predicted octanol–water partition coefficient (Wildman–Crippen LogP) is 3.58. The number of amides is 1. The molecule has 1 aromatic heterocycles. The highest BCUT2D eigenvalue weighted by Gasteiger charge is 2.13. The first-order valence-corrected chi connectivity index (χ1v) is 8.95. The molecule has 1 amide bonds. The molecule has 0 aliphatic rings. The monoisotopic (exact) mass is 351 g/mol. The van der Waals surface area contributed by atoms with Crippen LogP contribution in [0, 0.1) is 13.8 Å². The summed E-state index contributed by atoms with van der Waals surface area (Å²) in [5.41, 5.74) is 17.5. The van der Waals surface area contributed by atoms with Crippen molar-refractivity contribution >= 4 is 17.2 Å². The summed E-state index contributed by atoms with van der Waals surface area (Å²) >= 11 is 1.64. The zero-order chi connectivity index (χ0) is 18.0. The van der Waals surface area contributed by atoms with Gasteiger partial charge in [-0.25, -0.2) is 4.98 Å². The first-order chi connectivity index (χ1) is 12.0. The van der Waals surface area contributed by atoms with Crippen LogP contribution in [-0.2, 0) is 17.8 Å². The topological polar surface area (TPSA) is 82.0 Å². The Balaban J connectivity index is 2.05. The number of aryl methyl sites for hydroxylation is 1. The van der Waals surface area contributed by atoms with Crippen LogP contribution in [-0.4, -0.2) is 10.9 Å². The van der Waals surface area contributed by atoms with Crippen LogP contribution in [0.1, 0.15) is 21.7 Å². The number of hydrogen-bond donors (Lipinski definition) is 2. The van der Waals surface area contributed by atoms with Crippen LogP contribution in [0.5, 0.6) is 0 Å². The maximum absolute atomic E-state index is 11.2. The Bertz CT molecular complexity index is 930. The van der Waals surface area contributed by atoms with E-state index in [1.54, 1.807) is 11.3 Å². The van der Waals surface area contributed by atoms with Crippen molar-refractivity contribution in [2.45, 2.75) is 26.8 Å². The molecule has 0 atom stereocenters. The summed E-state index contributed by atoms with van der Waals surface area (Å²) in [6.45, 7) is 4.61. The van der Waals surface area contributed by atoms with Crippen LogP contribution >= 0.6 is 11.3 Å². The maximum Gasteiger partial charge on any atom is 0.221 e. The minimum absolute atomic E-state index is 0.248. The van der Waals surface area contributed by atoms with E-state index in [-0.39, 0.29) is 12.3 Å². The third-order valence-electron chi connectivity index (χ3n) is 4.26. The molecule has 0 aliphatic heterocycles. The molecule has 1 heterocycles. The zero-order valence-electron chi connectivity index (χ0n) is 14.4. The standard InChI is InChI=1S/C20H21N3OS/c1-12-16(15-6-3-5-14(9-15)10-19(22)24)7-4-8-17(12)20-23-13(2)18(11-21)25-20/h3-9H,10-11,21H2,1-2H3,(H2,22,24). The van der Waals surface area contributed by atoms with E-state index in [9.17, 15) is 4.79 Å². The van der Waals surface area contributed by atoms with Crippen LogP contribution in [0.3, 0.4) is 0 Å². The number of thiazole rings is 1. The molecule has 3 rings (SSSR count). The lowest BCUT2D eigenvalue weighted by molar-refractivity contribution is -0.117. The Morgan fingerprint density at radius 2 is 1.84 bits per heavy atom. The fourth-order valence-electron chi connectivity index (χ4n) is 2.96. The fraction of sp³-hybridized carbons (Fsp3) is 0.200. The van der Waals surface area contributed by atoms with Gasteiger partial charge in [-0.1, -0.05) is 42.5 Å². The van der Waals surface area contributed by atoms with Crippen LogP contribution in [0.25, 0.3) is 21.7 Å². The summed E-state index contributed by atoms with van der Waals surface area (Å²) in [6.07, 6.45) is 0.248. The van der Waals surface area contributed by atoms with Gasteiger partial charge in [-0.05, 0) is 36.1 Å². The molecule has 0 saturated carbocycles. The van der Waals surface area contributed by atoms with Crippen molar-refractivity contribution in [2.24, 2.45) is 11.5 Å². The Morgan fingerprint density at radius 3 is 2.52 bits per heavy atom. The molecule has 0 spiro atoms. The number of nitrogens with zero attached hydrogens (tertiary/aromatic N) is 1. The zero-order valence-corrected chi connectivity index (χ0v) is 15.2. The Hall–Kier alpha value is -2.50. The first-order valence-electron chi connectivity index (χ1n) is 8.13. The molecular formula is C20H21N3OS. The average molecular weight is 351 g/mol. The second kappa shape index (κ2) is 7.17. The number of nitrogens with two attached hydrogens (primary N) is 2. The molecule has 128 valence electrons. The highest BCUT2D eigenvalue weighted by Crippen LogP contribution is 2.35. The summed E-state index contributed by atoms with van der Waals surface area (Å²) in [5, 5.41) is 0.991. The highest BCUT2D eigenvalue weighted by atomic mass is 32.1. The minimum Gasteiger partial charge on any atom is -0.369 e. The molecule has 4 nitrogen and oxygen atoms in total. The molecule has 2 aromatic carbocycles. The van der Waals surface area contributed by atoms with Crippen molar-refractivity contribution in [3.8, 4) is 21.7 Å². The summed E-state index contributed by atoms with van der Waals surface area (Å²) in [5.74, 6) is -0.324. The second-order valence-corrected chi connectivity index (χ2v) is 7.14. The smallest absolute Gasteiger partial charge is 0.221 e. The SMILES string of the molecule is Cc1nc(-c2cccc(-c3cccc(CC(N)=O)c3)c2C)sc1CN. The number of carbonyl (C=O) groups excluding carboxylic acids is 1. The largest absolute Gasteiger partial charge is 0.369 e. The lowest BCUT2D eigenvalue weighted by Crippen LogP contribution is -2.13. The second-order valence-electron chi connectivity index (χ2n) is 6.05. The van der Waals surface area contributed by atoms with Gasteiger partial charge in [-0.15, -0.1) is 11.3 Å². The quantitative estimate of drug-likeness (QED) is 0.737. The van der Waals surface area contributed by atoms with E-state index >= 15 is 0 Å². The van der Waals surface area contributed by atoms with Crippen molar-refractivity contribution in [3.63, 3.8) is 0 Å². The molecule has 4 N–H and O–H groups in total. The van der Waals surface area contributed by atoms with Crippen LogP contribution in [0.2, 0.25) is 0 Å². The Labute approximate surface area is 151 Å². The van der Waals surface area contributed by atoms with E-state index in [2.05, 4.69) is 30.1 Å². The lowest BCUT2D eigenvalue weighted by atomic mass is 9.95. The summed E-state index contributed by atoms with van der Waals surface area (Å²) < 4.78 is 0. The van der Waals surface area contributed by atoms with E-state index in [1.807, 2.05) is 31.2 Å². The molecule has 3 aromatic rings. The van der Waals surface area contributed by atoms with Crippen molar-refractivity contribution < 1.29 is 4.79 Å². The van der Waals surface area contributed by atoms with Gasteiger partial charge < -0.3 is 11.5 Å². The van der Waals surface area contributed by atoms with Gasteiger partial charge >= 0.3 is 0 Å². The normalized spacial score (nSPS) is 10.8. The number of primary amides is 1. The van der Waals surface area contributed by atoms with E-state index in [4.69, 9.17) is 11.5 Å². The molecule has 0 bridgehead atoms. The Kier molecular flexibility index (Phi) is 4.97.